The van der Waals surface area contributed by atoms with Crippen molar-refractivity contribution in [2.75, 3.05) is 32.1 Å². The van der Waals surface area contributed by atoms with Crippen molar-refractivity contribution >= 4 is 11.9 Å². The van der Waals surface area contributed by atoms with Gasteiger partial charge in [0.2, 0.25) is 0 Å². The number of hydrogen-bond donors (Lipinski definition) is 1. The Morgan fingerprint density at radius 2 is 1.91 bits per heavy atom. The molecule has 2 aromatic heterocycles. The number of hydrogen-bond acceptors (Lipinski definition) is 7. The highest BCUT2D eigenvalue weighted by molar-refractivity contribution is 5.68. The quantitative estimate of drug-likeness (QED) is 0.548. The van der Waals surface area contributed by atoms with E-state index >= 15 is 0 Å². The van der Waals surface area contributed by atoms with E-state index in [4.69, 9.17) is 9.47 Å². The van der Waals surface area contributed by atoms with Crippen LogP contribution < -0.4 is 10.1 Å². The van der Waals surface area contributed by atoms with Crippen LogP contribution in [-0.4, -0.2) is 63.1 Å². The maximum absolute atomic E-state index is 12.2. The summed E-state index contributed by atoms with van der Waals surface area (Å²) in [6.45, 7) is 9.84. The predicted octanol–water partition coefficient (Wildman–Crippen LogP) is 4.71. The van der Waals surface area contributed by atoms with Crippen LogP contribution in [0.2, 0.25) is 0 Å². The lowest BCUT2D eigenvalue weighted by Gasteiger charge is -2.33. The molecule has 0 atom stereocenters. The average Bonchev–Trinajstić information content (AvgIpc) is 3.28. The van der Waals surface area contributed by atoms with Crippen LogP contribution in [-0.2, 0) is 4.74 Å². The molecule has 186 valence electrons. The van der Waals surface area contributed by atoms with Gasteiger partial charge in [0, 0.05) is 31.4 Å². The number of methoxy groups -OCH3 is 1. The number of imidazole rings is 1. The van der Waals surface area contributed by atoms with E-state index < -0.39 is 5.60 Å². The van der Waals surface area contributed by atoms with Crippen molar-refractivity contribution in [2.24, 2.45) is 5.92 Å². The van der Waals surface area contributed by atoms with Gasteiger partial charge in [0.15, 0.2) is 0 Å². The number of ether oxygens (including phenoxy) is 2. The van der Waals surface area contributed by atoms with Gasteiger partial charge in [-0.05, 0) is 70.7 Å². The van der Waals surface area contributed by atoms with E-state index in [1.54, 1.807) is 18.3 Å². The van der Waals surface area contributed by atoms with Gasteiger partial charge in [-0.3, -0.25) is 0 Å². The first-order valence-electron chi connectivity index (χ1n) is 12.0. The van der Waals surface area contributed by atoms with Crippen LogP contribution in [0.3, 0.4) is 0 Å². The molecule has 0 radical (unpaired) electrons. The number of piperidine rings is 1. The second-order valence-electron chi connectivity index (χ2n) is 9.90. The van der Waals surface area contributed by atoms with E-state index in [1.165, 1.54) is 0 Å². The molecule has 1 saturated heterocycles. The number of carbonyl (C=O) groups is 1. The second kappa shape index (κ2) is 10.3. The van der Waals surface area contributed by atoms with Crippen LogP contribution in [0, 0.1) is 12.8 Å². The summed E-state index contributed by atoms with van der Waals surface area (Å²) in [7, 11) is 1.66. The number of benzene rings is 1. The molecule has 35 heavy (non-hydrogen) atoms. The van der Waals surface area contributed by atoms with E-state index in [2.05, 4.69) is 20.5 Å². The Kier molecular flexibility index (Phi) is 7.23. The molecule has 0 unspecified atom stereocenters. The Labute approximate surface area is 206 Å². The van der Waals surface area contributed by atoms with E-state index in [0.29, 0.717) is 19.0 Å². The lowest BCUT2D eigenvalue weighted by atomic mass is 9.97. The van der Waals surface area contributed by atoms with Crippen molar-refractivity contribution in [1.29, 1.82) is 0 Å². The Hall–Kier alpha value is -3.62. The zero-order valence-corrected chi connectivity index (χ0v) is 21.1. The fourth-order valence-electron chi connectivity index (χ4n) is 4.08. The third-order valence-corrected chi connectivity index (χ3v) is 5.97. The molecule has 1 aromatic carbocycles. The van der Waals surface area contributed by atoms with Crippen LogP contribution in [0.15, 0.2) is 42.9 Å². The minimum Gasteiger partial charge on any atom is -0.495 e. The largest absolute Gasteiger partial charge is 0.495 e. The summed E-state index contributed by atoms with van der Waals surface area (Å²) in [5.41, 5.74) is 3.09. The standard InChI is InChI=1S/C26H34N6O3/c1-18-16-32(17-28-18)22-8-6-20(14-23(22)34-5)21-7-9-24(30-29-21)27-15-19-10-12-31(13-11-19)25(33)35-26(2,3)4/h6-9,14,16-17,19H,10-13,15H2,1-5H3,(H,27,30). The number of nitrogens with one attached hydrogen (secondary N) is 1. The number of likely N-dealkylation sites (tertiary alicyclic amines) is 1. The Balaban J connectivity index is 1.32. The number of nitrogens with zero attached hydrogens (tertiary/aromatic N) is 5. The summed E-state index contributed by atoms with van der Waals surface area (Å²) >= 11 is 0. The van der Waals surface area contributed by atoms with Gasteiger partial charge in [-0.2, -0.15) is 0 Å². The smallest absolute Gasteiger partial charge is 0.410 e. The fraction of sp³-hybridized carbons (Fsp3) is 0.462. The van der Waals surface area contributed by atoms with Gasteiger partial charge in [0.25, 0.3) is 0 Å². The van der Waals surface area contributed by atoms with Gasteiger partial charge in [0.1, 0.15) is 17.2 Å². The monoisotopic (exact) mass is 478 g/mol. The van der Waals surface area contributed by atoms with Crippen LogP contribution in [0.25, 0.3) is 16.9 Å². The number of aryl methyl sites for hydroxylation is 1. The zero-order chi connectivity index (χ0) is 25.0. The maximum Gasteiger partial charge on any atom is 0.410 e. The molecule has 9 nitrogen and oxygen atoms in total. The highest BCUT2D eigenvalue weighted by Crippen LogP contribution is 2.29. The predicted molar refractivity (Wildman–Crippen MR) is 135 cm³/mol. The van der Waals surface area contributed by atoms with Crippen molar-refractivity contribution in [2.45, 2.75) is 46.1 Å². The highest BCUT2D eigenvalue weighted by atomic mass is 16.6. The highest BCUT2D eigenvalue weighted by Gasteiger charge is 2.26. The van der Waals surface area contributed by atoms with Gasteiger partial charge in [0.05, 0.1) is 30.5 Å². The molecule has 1 aliphatic rings. The molecule has 0 aliphatic carbocycles. The van der Waals surface area contributed by atoms with E-state index in [1.807, 2.05) is 68.8 Å². The van der Waals surface area contributed by atoms with Gasteiger partial charge >= 0.3 is 6.09 Å². The second-order valence-corrected chi connectivity index (χ2v) is 9.90. The molecule has 0 spiro atoms. The Morgan fingerprint density at radius 3 is 2.51 bits per heavy atom. The molecular weight excluding hydrogens is 444 g/mol. The number of anilines is 1. The Bertz CT molecular complexity index is 1140. The van der Waals surface area contributed by atoms with Crippen LogP contribution in [0.5, 0.6) is 5.75 Å². The number of rotatable bonds is 6. The number of aromatic nitrogens is 4. The molecular formula is C26H34N6O3. The molecule has 0 saturated carbocycles. The van der Waals surface area contributed by atoms with E-state index in [-0.39, 0.29) is 6.09 Å². The van der Waals surface area contributed by atoms with Crippen molar-refractivity contribution in [3.63, 3.8) is 0 Å². The van der Waals surface area contributed by atoms with Crippen molar-refractivity contribution in [3.05, 3.63) is 48.5 Å². The minimum atomic E-state index is -0.466. The minimum absolute atomic E-state index is 0.227. The summed E-state index contributed by atoms with van der Waals surface area (Å²) in [5.74, 6) is 1.95. The van der Waals surface area contributed by atoms with Gasteiger partial charge in [-0.15, -0.1) is 10.2 Å². The molecule has 0 bridgehead atoms. The summed E-state index contributed by atoms with van der Waals surface area (Å²) in [5, 5.41) is 12.2. The van der Waals surface area contributed by atoms with Crippen molar-refractivity contribution < 1.29 is 14.3 Å². The summed E-state index contributed by atoms with van der Waals surface area (Å²) in [6.07, 6.45) is 5.36. The molecule has 1 N–H and O–H groups in total. The van der Waals surface area contributed by atoms with E-state index in [0.717, 1.165) is 53.6 Å². The molecule has 1 amide bonds. The SMILES string of the molecule is COc1cc(-c2ccc(NCC3CCN(C(=O)OC(C)(C)C)CC3)nn2)ccc1-n1cnc(C)c1. The molecule has 3 aromatic rings. The van der Waals surface area contributed by atoms with Crippen molar-refractivity contribution in [3.8, 4) is 22.7 Å². The lowest BCUT2D eigenvalue weighted by Crippen LogP contribution is -2.42. The average molecular weight is 479 g/mol. The lowest BCUT2D eigenvalue weighted by molar-refractivity contribution is 0.0188. The normalized spacial score (nSPS) is 14.6. The third kappa shape index (κ3) is 6.29. The zero-order valence-electron chi connectivity index (χ0n) is 21.1. The molecule has 3 heterocycles. The van der Waals surface area contributed by atoms with E-state index in [9.17, 15) is 4.79 Å². The first kappa shape index (κ1) is 24.5. The van der Waals surface area contributed by atoms with Crippen LogP contribution in [0.1, 0.15) is 39.3 Å². The van der Waals surface area contributed by atoms with Gasteiger partial charge in [-0.25, -0.2) is 9.78 Å². The number of amides is 1. The molecule has 4 rings (SSSR count). The van der Waals surface area contributed by atoms with Gasteiger partial charge < -0.3 is 24.3 Å². The summed E-state index contributed by atoms with van der Waals surface area (Å²) < 4.78 is 13.0. The van der Waals surface area contributed by atoms with Crippen LogP contribution >= 0.6 is 0 Å². The molecule has 9 heteroatoms. The topological polar surface area (TPSA) is 94.4 Å². The summed E-state index contributed by atoms with van der Waals surface area (Å²) in [6, 6.07) is 9.85. The van der Waals surface area contributed by atoms with Gasteiger partial charge in [-0.1, -0.05) is 6.07 Å². The summed E-state index contributed by atoms with van der Waals surface area (Å²) in [4.78, 5) is 18.3. The molecule has 1 aliphatic heterocycles. The van der Waals surface area contributed by atoms with Crippen LogP contribution in [0.4, 0.5) is 10.6 Å². The maximum atomic E-state index is 12.2. The third-order valence-electron chi connectivity index (χ3n) is 5.97. The first-order chi connectivity index (χ1) is 16.7. The number of carbonyl (C=O) groups excluding carboxylic acids is 1. The Morgan fingerprint density at radius 1 is 1.14 bits per heavy atom. The first-order valence-corrected chi connectivity index (χ1v) is 12.0. The fourth-order valence-corrected chi connectivity index (χ4v) is 4.08. The van der Waals surface area contributed by atoms with Crippen molar-refractivity contribution in [1.82, 2.24) is 24.6 Å². The molecule has 1 fully saturated rings.